The second kappa shape index (κ2) is 7.59. The van der Waals surface area contributed by atoms with E-state index in [1.165, 1.54) is 11.1 Å². The quantitative estimate of drug-likeness (QED) is 0.765. The van der Waals surface area contributed by atoms with Crippen molar-refractivity contribution in [2.24, 2.45) is 0 Å². The average molecular weight is 255 g/mol. The molecule has 0 fully saturated rings. The van der Waals surface area contributed by atoms with Gasteiger partial charge in [-0.05, 0) is 29.7 Å². The number of benzene rings is 2. The Hall–Kier alpha value is -1.80. The van der Waals surface area contributed by atoms with Gasteiger partial charge in [0.1, 0.15) is 12.4 Å². The summed E-state index contributed by atoms with van der Waals surface area (Å²) in [6.45, 7) is 4.59. The van der Waals surface area contributed by atoms with Crippen molar-refractivity contribution in [2.45, 2.75) is 19.9 Å². The van der Waals surface area contributed by atoms with Crippen molar-refractivity contribution in [3.8, 4) is 5.75 Å². The molecule has 0 atom stereocenters. The standard InChI is InChI=1S/C17H21NO/c1-2-15-9-6-10-17(13-15)19-12-11-18-14-16-7-4-3-5-8-16/h3-10,13,18H,2,11-12,14H2,1H3. The van der Waals surface area contributed by atoms with Crippen molar-refractivity contribution in [2.75, 3.05) is 13.2 Å². The van der Waals surface area contributed by atoms with Crippen LogP contribution in [0.15, 0.2) is 54.6 Å². The van der Waals surface area contributed by atoms with Crippen molar-refractivity contribution >= 4 is 0 Å². The number of rotatable bonds is 7. The molecule has 2 rings (SSSR count). The van der Waals surface area contributed by atoms with Gasteiger partial charge >= 0.3 is 0 Å². The molecule has 2 aromatic rings. The molecule has 0 spiro atoms. The van der Waals surface area contributed by atoms with Gasteiger partial charge in [-0.25, -0.2) is 0 Å². The van der Waals surface area contributed by atoms with Crippen molar-refractivity contribution in [3.63, 3.8) is 0 Å². The van der Waals surface area contributed by atoms with Gasteiger partial charge in [-0.3, -0.25) is 0 Å². The SMILES string of the molecule is CCc1cccc(OCCNCc2ccccc2)c1. The maximum Gasteiger partial charge on any atom is 0.119 e. The minimum Gasteiger partial charge on any atom is -0.492 e. The topological polar surface area (TPSA) is 21.3 Å². The van der Waals surface area contributed by atoms with E-state index in [1.54, 1.807) is 0 Å². The first kappa shape index (κ1) is 13.6. The van der Waals surface area contributed by atoms with Crippen LogP contribution in [0.2, 0.25) is 0 Å². The summed E-state index contributed by atoms with van der Waals surface area (Å²) in [5.74, 6) is 0.959. The largest absolute Gasteiger partial charge is 0.492 e. The first-order valence-corrected chi connectivity index (χ1v) is 6.85. The van der Waals surface area contributed by atoms with Crippen molar-refractivity contribution in [1.29, 1.82) is 0 Å². The first-order chi connectivity index (χ1) is 9.38. The summed E-state index contributed by atoms with van der Waals surface area (Å²) in [7, 11) is 0. The van der Waals surface area contributed by atoms with Crippen LogP contribution < -0.4 is 10.1 Å². The lowest BCUT2D eigenvalue weighted by Crippen LogP contribution is -2.20. The van der Waals surface area contributed by atoms with Gasteiger partial charge in [0.05, 0.1) is 0 Å². The van der Waals surface area contributed by atoms with Crippen LogP contribution >= 0.6 is 0 Å². The van der Waals surface area contributed by atoms with Crippen LogP contribution in [0.4, 0.5) is 0 Å². The highest BCUT2D eigenvalue weighted by molar-refractivity contribution is 5.28. The summed E-state index contributed by atoms with van der Waals surface area (Å²) in [5.41, 5.74) is 2.62. The highest BCUT2D eigenvalue weighted by atomic mass is 16.5. The molecule has 2 nitrogen and oxygen atoms in total. The van der Waals surface area contributed by atoms with Crippen LogP contribution in [0.25, 0.3) is 0 Å². The molecule has 0 saturated heterocycles. The third kappa shape index (κ3) is 4.76. The van der Waals surface area contributed by atoms with Gasteiger partial charge in [-0.1, -0.05) is 49.4 Å². The van der Waals surface area contributed by atoms with E-state index in [-0.39, 0.29) is 0 Å². The molecular weight excluding hydrogens is 234 g/mol. The van der Waals surface area contributed by atoms with E-state index >= 15 is 0 Å². The Morgan fingerprint density at radius 2 is 1.74 bits per heavy atom. The number of hydrogen-bond donors (Lipinski definition) is 1. The van der Waals surface area contributed by atoms with E-state index < -0.39 is 0 Å². The third-order valence-corrected chi connectivity index (χ3v) is 3.03. The normalized spacial score (nSPS) is 10.4. The Balaban J connectivity index is 1.66. The van der Waals surface area contributed by atoms with Gasteiger partial charge in [0.25, 0.3) is 0 Å². The Bertz CT molecular complexity index is 482. The molecule has 0 heterocycles. The van der Waals surface area contributed by atoms with Crippen molar-refractivity contribution in [3.05, 3.63) is 65.7 Å². The lowest BCUT2D eigenvalue weighted by Gasteiger charge is -2.08. The van der Waals surface area contributed by atoms with E-state index in [2.05, 4.69) is 48.6 Å². The van der Waals surface area contributed by atoms with E-state index in [4.69, 9.17) is 4.74 Å². The fraction of sp³-hybridized carbons (Fsp3) is 0.294. The van der Waals surface area contributed by atoms with E-state index in [0.29, 0.717) is 6.61 Å². The van der Waals surface area contributed by atoms with Gasteiger partial charge in [0.15, 0.2) is 0 Å². The zero-order valence-electron chi connectivity index (χ0n) is 11.4. The Labute approximate surface area is 115 Å². The second-order valence-corrected chi connectivity index (χ2v) is 4.51. The van der Waals surface area contributed by atoms with Gasteiger partial charge in [0, 0.05) is 13.1 Å². The van der Waals surface area contributed by atoms with Gasteiger partial charge in [-0.2, -0.15) is 0 Å². The van der Waals surface area contributed by atoms with Crippen LogP contribution in [0.1, 0.15) is 18.1 Å². The van der Waals surface area contributed by atoms with E-state index in [9.17, 15) is 0 Å². The monoisotopic (exact) mass is 255 g/mol. The third-order valence-electron chi connectivity index (χ3n) is 3.03. The molecule has 0 aliphatic heterocycles. The smallest absolute Gasteiger partial charge is 0.119 e. The van der Waals surface area contributed by atoms with Gasteiger partial charge < -0.3 is 10.1 Å². The molecule has 2 heteroatoms. The molecule has 2 aromatic carbocycles. The summed E-state index contributed by atoms with van der Waals surface area (Å²) >= 11 is 0. The number of aryl methyl sites for hydroxylation is 1. The lowest BCUT2D eigenvalue weighted by atomic mass is 10.2. The average Bonchev–Trinajstić information content (AvgIpc) is 2.48. The fourth-order valence-corrected chi connectivity index (χ4v) is 1.92. The summed E-state index contributed by atoms with van der Waals surface area (Å²) in [4.78, 5) is 0. The maximum absolute atomic E-state index is 5.72. The van der Waals surface area contributed by atoms with Crippen molar-refractivity contribution in [1.82, 2.24) is 5.32 Å². The predicted molar refractivity (Wildman–Crippen MR) is 79.5 cm³/mol. The molecule has 0 aliphatic rings. The highest BCUT2D eigenvalue weighted by Crippen LogP contribution is 2.13. The lowest BCUT2D eigenvalue weighted by molar-refractivity contribution is 0.313. The molecule has 0 saturated carbocycles. The number of hydrogen-bond acceptors (Lipinski definition) is 2. The summed E-state index contributed by atoms with van der Waals surface area (Å²) < 4.78 is 5.72. The van der Waals surface area contributed by atoms with Crippen LogP contribution in [-0.2, 0) is 13.0 Å². The molecule has 0 aromatic heterocycles. The fourth-order valence-electron chi connectivity index (χ4n) is 1.92. The minimum absolute atomic E-state index is 0.694. The molecule has 19 heavy (non-hydrogen) atoms. The summed E-state index contributed by atoms with van der Waals surface area (Å²) in [5, 5.41) is 3.38. The molecule has 100 valence electrons. The molecule has 0 aliphatic carbocycles. The zero-order valence-corrected chi connectivity index (χ0v) is 11.4. The van der Waals surface area contributed by atoms with Gasteiger partial charge in [0.2, 0.25) is 0 Å². The molecule has 0 amide bonds. The summed E-state index contributed by atoms with van der Waals surface area (Å²) in [6, 6.07) is 18.7. The zero-order chi connectivity index (χ0) is 13.3. The summed E-state index contributed by atoms with van der Waals surface area (Å²) in [6.07, 6.45) is 1.05. The highest BCUT2D eigenvalue weighted by Gasteiger charge is 1.95. The van der Waals surface area contributed by atoms with Crippen LogP contribution in [-0.4, -0.2) is 13.2 Å². The first-order valence-electron chi connectivity index (χ1n) is 6.85. The number of nitrogens with one attached hydrogen (secondary N) is 1. The van der Waals surface area contributed by atoms with E-state index in [0.717, 1.165) is 25.3 Å². The Kier molecular flexibility index (Phi) is 5.45. The van der Waals surface area contributed by atoms with Crippen LogP contribution in [0, 0.1) is 0 Å². The Morgan fingerprint density at radius 3 is 2.53 bits per heavy atom. The maximum atomic E-state index is 5.72. The molecule has 0 bridgehead atoms. The molecular formula is C17H21NO. The van der Waals surface area contributed by atoms with E-state index in [1.807, 2.05) is 18.2 Å². The van der Waals surface area contributed by atoms with Crippen molar-refractivity contribution < 1.29 is 4.74 Å². The second-order valence-electron chi connectivity index (χ2n) is 4.51. The minimum atomic E-state index is 0.694. The number of ether oxygens (including phenoxy) is 1. The molecule has 0 radical (unpaired) electrons. The molecule has 0 unspecified atom stereocenters. The van der Waals surface area contributed by atoms with Crippen LogP contribution in [0.5, 0.6) is 5.75 Å². The molecule has 1 N–H and O–H groups in total. The van der Waals surface area contributed by atoms with Crippen LogP contribution in [0.3, 0.4) is 0 Å². The Morgan fingerprint density at radius 1 is 0.947 bits per heavy atom. The predicted octanol–water partition coefficient (Wildman–Crippen LogP) is 3.42. The van der Waals surface area contributed by atoms with Gasteiger partial charge in [-0.15, -0.1) is 0 Å².